The minimum absolute atomic E-state index is 0.0772. The molecule has 0 radical (unpaired) electrons. The lowest BCUT2D eigenvalue weighted by molar-refractivity contribution is -0.137. The van der Waals surface area contributed by atoms with Crippen molar-refractivity contribution in [2.45, 2.75) is 25.3 Å². The SMILES string of the molecule is O=c1[nH]c(-c2ccccc2C(F)(F)F)cc2ccc(N3C[C@H](COCc4ccccc4)OC3O)cc12. The number of ether oxygens (including phenoxy) is 2. The summed E-state index contributed by atoms with van der Waals surface area (Å²) in [7, 11) is 0. The van der Waals surface area contributed by atoms with Crippen molar-refractivity contribution in [3.63, 3.8) is 0 Å². The molecule has 1 unspecified atom stereocenters. The molecular weight excluding hydrogens is 473 g/mol. The lowest BCUT2D eigenvalue weighted by Crippen LogP contribution is -2.30. The van der Waals surface area contributed by atoms with Gasteiger partial charge >= 0.3 is 6.18 Å². The summed E-state index contributed by atoms with van der Waals surface area (Å²) >= 11 is 0. The number of aliphatic hydroxyl groups excluding tert-OH is 1. The molecule has 1 aromatic heterocycles. The fourth-order valence-corrected chi connectivity index (χ4v) is 4.34. The van der Waals surface area contributed by atoms with Crippen LogP contribution < -0.4 is 10.5 Å². The van der Waals surface area contributed by atoms with Gasteiger partial charge in [0.15, 0.2) is 0 Å². The van der Waals surface area contributed by atoms with Gasteiger partial charge in [0.2, 0.25) is 6.41 Å². The first-order chi connectivity index (χ1) is 17.3. The van der Waals surface area contributed by atoms with Crippen molar-refractivity contribution >= 4 is 16.5 Å². The molecule has 4 aromatic rings. The summed E-state index contributed by atoms with van der Waals surface area (Å²) in [4.78, 5) is 17.0. The van der Waals surface area contributed by atoms with Crippen LogP contribution in [-0.2, 0) is 22.3 Å². The van der Waals surface area contributed by atoms with Gasteiger partial charge in [-0.3, -0.25) is 4.79 Å². The van der Waals surface area contributed by atoms with E-state index in [1.54, 1.807) is 23.1 Å². The molecule has 186 valence electrons. The second-order valence-corrected chi connectivity index (χ2v) is 8.56. The number of halogens is 3. The molecule has 3 aromatic carbocycles. The number of hydrogen-bond acceptors (Lipinski definition) is 5. The lowest BCUT2D eigenvalue weighted by Gasteiger charge is -2.21. The highest BCUT2D eigenvalue weighted by Gasteiger charge is 2.34. The predicted molar refractivity (Wildman–Crippen MR) is 129 cm³/mol. The fourth-order valence-electron chi connectivity index (χ4n) is 4.34. The Balaban J connectivity index is 1.35. The zero-order chi connectivity index (χ0) is 25.3. The van der Waals surface area contributed by atoms with Crippen molar-refractivity contribution < 1.29 is 27.8 Å². The Bertz CT molecular complexity index is 1420. The van der Waals surface area contributed by atoms with Crippen molar-refractivity contribution in [3.05, 3.63) is 100 Å². The van der Waals surface area contributed by atoms with Gasteiger partial charge in [-0.25, -0.2) is 0 Å². The summed E-state index contributed by atoms with van der Waals surface area (Å²) in [6.07, 6.45) is -6.15. The van der Waals surface area contributed by atoms with Crippen molar-refractivity contribution in [1.29, 1.82) is 0 Å². The van der Waals surface area contributed by atoms with E-state index in [2.05, 4.69) is 4.98 Å². The topological polar surface area (TPSA) is 74.8 Å². The maximum atomic E-state index is 13.5. The molecule has 2 N–H and O–H groups in total. The predicted octanol–water partition coefficient (Wildman–Crippen LogP) is 4.91. The Morgan fingerprint density at radius 1 is 1.03 bits per heavy atom. The van der Waals surface area contributed by atoms with Crippen LogP contribution >= 0.6 is 0 Å². The van der Waals surface area contributed by atoms with Crippen molar-refractivity contribution in [2.75, 3.05) is 18.1 Å². The van der Waals surface area contributed by atoms with E-state index in [1.165, 1.54) is 24.3 Å². The van der Waals surface area contributed by atoms with Gasteiger partial charge in [-0.05, 0) is 35.2 Å². The van der Waals surface area contributed by atoms with E-state index < -0.39 is 23.7 Å². The van der Waals surface area contributed by atoms with Gasteiger partial charge in [-0.1, -0.05) is 54.6 Å². The van der Waals surface area contributed by atoms with Crippen molar-refractivity contribution in [3.8, 4) is 11.3 Å². The zero-order valence-electron chi connectivity index (χ0n) is 19.0. The van der Waals surface area contributed by atoms with Gasteiger partial charge in [0, 0.05) is 22.3 Å². The second kappa shape index (κ2) is 9.77. The van der Waals surface area contributed by atoms with Gasteiger partial charge in [0.05, 0.1) is 25.3 Å². The maximum absolute atomic E-state index is 13.5. The number of fused-ring (bicyclic) bond motifs is 1. The van der Waals surface area contributed by atoms with Crippen LogP contribution in [0.2, 0.25) is 0 Å². The third-order valence-electron chi connectivity index (χ3n) is 6.08. The van der Waals surface area contributed by atoms with E-state index in [1.807, 2.05) is 30.3 Å². The molecule has 0 bridgehead atoms. The third-order valence-corrected chi connectivity index (χ3v) is 6.08. The molecular formula is C27H23F3N2O4. The summed E-state index contributed by atoms with van der Waals surface area (Å²) in [5.41, 5.74) is 0.199. The fraction of sp³-hybridized carbons (Fsp3) is 0.222. The van der Waals surface area contributed by atoms with E-state index >= 15 is 0 Å². The Morgan fingerprint density at radius 2 is 1.78 bits per heavy atom. The van der Waals surface area contributed by atoms with E-state index in [-0.39, 0.29) is 29.4 Å². The number of anilines is 1. The highest BCUT2D eigenvalue weighted by atomic mass is 19.4. The average molecular weight is 496 g/mol. The number of aliphatic hydroxyl groups is 1. The summed E-state index contributed by atoms with van der Waals surface area (Å²) in [5.74, 6) is 0. The number of aromatic amines is 1. The van der Waals surface area contributed by atoms with Gasteiger partial charge in [-0.15, -0.1) is 0 Å². The number of benzene rings is 3. The molecule has 1 fully saturated rings. The van der Waals surface area contributed by atoms with Gasteiger partial charge < -0.3 is 24.5 Å². The molecule has 9 heteroatoms. The molecule has 6 nitrogen and oxygen atoms in total. The van der Waals surface area contributed by atoms with Crippen LogP contribution in [-0.4, -0.2) is 35.8 Å². The molecule has 1 saturated heterocycles. The standard InChI is InChI=1S/C27H23F3N2O4/c28-27(29,30)23-9-5-4-8-21(23)24-12-18-10-11-19(13-22(18)25(33)31-24)32-14-20(36-26(32)34)16-35-15-17-6-2-1-3-7-17/h1-13,20,26,34H,14-16H2,(H,31,33)/t20-,26?/m1/s1. The molecule has 2 heterocycles. The molecule has 0 spiro atoms. The molecule has 0 saturated carbocycles. The summed E-state index contributed by atoms with van der Waals surface area (Å²) in [6, 6.07) is 21.2. The van der Waals surface area contributed by atoms with Crippen LogP contribution in [0.5, 0.6) is 0 Å². The van der Waals surface area contributed by atoms with Crippen LogP contribution in [0.1, 0.15) is 11.1 Å². The Labute approximate surface area is 204 Å². The number of H-pyrrole nitrogens is 1. The molecule has 1 aliphatic rings. The first-order valence-electron chi connectivity index (χ1n) is 11.3. The van der Waals surface area contributed by atoms with E-state index in [0.29, 0.717) is 24.2 Å². The smallest absolute Gasteiger partial charge is 0.374 e. The average Bonchev–Trinajstić information content (AvgIpc) is 3.24. The Morgan fingerprint density at radius 3 is 2.56 bits per heavy atom. The van der Waals surface area contributed by atoms with E-state index in [9.17, 15) is 23.1 Å². The van der Waals surface area contributed by atoms with Crippen LogP contribution in [0.15, 0.2) is 83.7 Å². The van der Waals surface area contributed by atoms with E-state index in [4.69, 9.17) is 9.47 Å². The van der Waals surface area contributed by atoms with Crippen LogP contribution in [0.4, 0.5) is 18.9 Å². The van der Waals surface area contributed by atoms with Crippen molar-refractivity contribution in [1.82, 2.24) is 4.98 Å². The van der Waals surface area contributed by atoms with Crippen LogP contribution in [0.3, 0.4) is 0 Å². The monoisotopic (exact) mass is 496 g/mol. The molecule has 0 aliphatic carbocycles. The summed E-state index contributed by atoms with van der Waals surface area (Å²) in [6.45, 7) is 1.04. The number of nitrogens with zero attached hydrogens (tertiary/aromatic N) is 1. The Kier molecular flexibility index (Phi) is 6.53. The summed E-state index contributed by atoms with van der Waals surface area (Å²) < 4.78 is 51.7. The van der Waals surface area contributed by atoms with Gasteiger partial charge in [-0.2, -0.15) is 13.2 Å². The van der Waals surface area contributed by atoms with Gasteiger partial charge in [0.25, 0.3) is 5.56 Å². The largest absolute Gasteiger partial charge is 0.417 e. The normalized spacial score (nSPS) is 18.2. The lowest BCUT2D eigenvalue weighted by atomic mass is 10.0. The molecule has 5 rings (SSSR count). The number of pyridine rings is 1. The molecule has 0 amide bonds. The first-order valence-corrected chi connectivity index (χ1v) is 11.3. The van der Waals surface area contributed by atoms with Crippen molar-refractivity contribution in [2.24, 2.45) is 0 Å². The quantitative estimate of drug-likeness (QED) is 0.397. The molecule has 1 aliphatic heterocycles. The zero-order valence-corrected chi connectivity index (χ0v) is 19.0. The molecule has 2 atom stereocenters. The third kappa shape index (κ3) is 4.99. The highest BCUT2D eigenvalue weighted by Crippen LogP contribution is 2.37. The maximum Gasteiger partial charge on any atom is 0.417 e. The minimum atomic E-state index is -4.56. The van der Waals surface area contributed by atoms with Crippen LogP contribution in [0, 0.1) is 0 Å². The number of alkyl halides is 3. The number of rotatable bonds is 6. The second-order valence-electron chi connectivity index (χ2n) is 8.56. The number of nitrogens with one attached hydrogen (secondary N) is 1. The first kappa shape index (κ1) is 24.1. The highest BCUT2D eigenvalue weighted by molar-refractivity contribution is 5.88. The Hall–Kier alpha value is -3.66. The van der Waals surface area contributed by atoms with Crippen LogP contribution in [0.25, 0.3) is 22.0 Å². The number of hydrogen-bond donors (Lipinski definition) is 2. The van der Waals surface area contributed by atoms with Gasteiger partial charge in [0.1, 0.15) is 6.10 Å². The molecule has 36 heavy (non-hydrogen) atoms. The van der Waals surface area contributed by atoms with E-state index in [0.717, 1.165) is 11.6 Å². The number of aromatic nitrogens is 1. The summed E-state index contributed by atoms with van der Waals surface area (Å²) in [5, 5.41) is 11.2. The minimum Gasteiger partial charge on any atom is -0.374 e.